The summed E-state index contributed by atoms with van der Waals surface area (Å²) in [5.41, 5.74) is -0.630. The predicted octanol–water partition coefficient (Wildman–Crippen LogP) is 3.29. The third-order valence-corrected chi connectivity index (χ3v) is 3.38. The Kier molecular flexibility index (Phi) is 11.8. The van der Waals surface area contributed by atoms with Crippen LogP contribution in [-0.2, 0) is 14.3 Å². The van der Waals surface area contributed by atoms with E-state index in [1.807, 2.05) is 13.8 Å². The molecule has 4 heteroatoms. The molecule has 0 spiro atoms. The van der Waals surface area contributed by atoms with Gasteiger partial charge < -0.3 is 14.8 Å². The fourth-order valence-corrected chi connectivity index (χ4v) is 1.96. The highest BCUT2D eigenvalue weighted by molar-refractivity contribution is 5.80. The van der Waals surface area contributed by atoms with Gasteiger partial charge in [0.15, 0.2) is 0 Å². The van der Waals surface area contributed by atoms with Gasteiger partial charge in [0, 0.05) is 13.2 Å². The van der Waals surface area contributed by atoms with E-state index in [-0.39, 0.29) is 5.97 Å². The minimum atomic E-state index is -0.630. The van der Waals surface area contributed by atoms with Gasteiger partial charge >= 0.3 is 5.97 Å². The summed E-state index contributed by atoms with van der Waals surface area (Å²) >= 11 is 0. The molecule has 20 heavy (non-hydrogen) atoms. The molecule has 1 atom stereocenters. The van der Waals surface area contributed by atoms with Gasteiger partial charge in [0.2, 0.25) is 0 Å². The van der Waals surface area contributed by atoms with Crippen LogP contribution < -0.4 is 5.32 Å². The van der Waals surface area contributed by atoms with E-state index in [9.17, 15) is 4.79 Å². The molecule has 0 heterocycles. The first-order valence-corrected chi connectivity index (χ1v) is 8.10. The second-order valence-corrected chi connectivity index (χ2v) is 5.40. The summed E-state index contributed by atoms with van der Waals surface area (Å²) < 4.78 is 10.8. The molecule has 0 aromatic heterocycles. The first-order valence-electron chi connectivity index (χ1n) is 8.10. The van der Waals surface area contributed by atoms with Crippen LogP contribution in [0.5, 0.6) is 0 Å². The summed E-state index contributed by atoms with van der Waals surface area (Å²) in [6, 6.07) is 0. The maximum Gasteiger partial charge on any atom is 0.326 e. The van der Waals surface area contributed by atoms with Crippen molar-refractivity contribution in [2.45, 2.75) is 71.8 Å². The number of nitrogens with one attached hydrogen (secondary N) is 1. The maximum atomic E-state index is 12.0. The number of hydrogen-bond acceptors (Lipinski definition) is 4. The van der Waals surface area contributed by atoms with Gasteiger partial charge in [-0.05, 0) is 39.7 Å². The number of unbranched alkanes of at least 4 members (excludes halogenated alkanes) is 3. The molecule has 0 aromatic carbocycles. The Bertz CT molecular complexity index is 246. The molecule has 0 aromatic rings. The molecule has 4 nitrogen and oxygen atoms in total. The van der Waals surface area contributed by atoms with E-state index in [0.717, 1.165) is 26.0 Å². The van der Waals surface area contributed by atoms with Gasteiger partial charge in [0.1, 0.15) is 5.54 Å². The zero-order chi connectivity index (χ0) is 15.3. The lowest BCUT2D eigenvalue weighted by molar-refractivity contribution is -0.151. The fourth-order valence-electron chi connectivity index (χ4n) is 1.96. The zero-order valence-electron chi connectivity index (χ0n) is 13.8. The van der Waals surface area contributed by atoms with Crippen molar-refractivity contribution in [1.82, 2.24) is 5.32 Å². The standard InChI is InChI=1S/C16H33NO3/c1-5-8-9-10-13-19-14-11-16(4,17-12-6-2)15(18)20-7-3/h17H,5-14H2,1-4H3. The van der Waals surface area contributed by atoms with Crippen LogP contribution >= 0.6 is 0 Å². The second kappa shape index (κ2) is 12.2. The molecule has 1 unspecified atom stereocenters. The Balaban J connectivity index is 4.00. The first kappa shape index (κ1) is 19.4. The summed E-state index contributed by atoms with van der Waals surface area (Å²) in [7, 11) is 0. The fraction of sp³-hybridized carbons (Fsp3) is 0.938. The molecule has 0 rings (SSSR count). The number of carbonyl (C=O) groups is 1. The van der Waals surface area contributed by atoms with Gasteiger partial charge in [-0.2, -0.15) is 0 Å². The van der Waals surface area contributed by atoms with Crippen LogP contribution in [0.1, 0.15) is 66.2 Å². The highest BCUT2D eigenvalue weighted by atomic mass is 16.5. The van der Waals surface area contributed by atoms with Gasteiger partial charge in [0.05, 0.1) is 6.61 Å². The van der Waals surface area contributed by atoms with E-state index in [2.05, 4.69) is 19.2 Å². The van der Waals surface area contributed by atoms with Crippen LogP contribution in [-0.4, -0.2) is 37.9 Å². The predicted molar refractivity (Wildman–Crippen MR) is 82.9 cm³/mol. The lowest BCUT2D eigenvalue weighted by Crippen LogP contribution is -2.51. The van der Waals surface area contributed by atoms with Crippen molar-refractivity contribution in [3.8, 4) is 0 Å². The van der Waals surface area contributed by atoms with Crippen molar-refractivity contribution >= 4 is 5.97 Å². The summed E-state index contributed by atoms with van der Waals surface area (Å²) in [6.07, 6.45) is 6.47. The number of esters is 1. The van der Waals surface area contributed by atoms with Crippen molar-refractivity contribution in [3.05, 3.63) is 0 Å². The van der Waals surface area contributed by atoms with E-state index >= 15 is 0 Å². The van der Waals surface area contributed by atoms with Gasteiger partial charge in [-0.15, -0.1) is 0 Å². The van der Waals surface area contributed by atoms with E-state index < -0.39 is 5.54 Å². The minimum absolute atomic E-state index is 0.178. The van der Waals surface area contributed by atoms with Crippen LogP contribution in [0.2, 0.25) is 0 Å². The van der Waals surface area contributed by atoms with Crippen LogP contribution in [0, 0.1) is 0 Å². The second-order valence-electron chi connectivity index (χ2n) is 5.40. The molecular weight excluding hydrogens is 254 g/mol. The minimum Gasteiger partial charge on any atom is -0.465 e. The van der Waals surface area contributed by atoms with Crippen LogP contribution in [0.25, 0.3) is 0 Å². The van der Waals surface area contributed by atoms with Crippen molar-refractivity contribution in [2.24, 2.45) is 0 Å². The quantitative estimate of drug-likeness (QED) is 0.417. The zero-order valence-corrected chi connectivity index (χ0v) is 13.8. The topological polar surface area (TPSA) is 47.6 Å². The summed E-state index contributed by atoms with van der Waals surface area (Å²) in [5, 5.41) is 3.29. The molecule has 0 aliphatic heterocycles. The highest BCUT2D eigenvalue weighted by Gasteiger charge is 2.33. The van der Waals surface area contributed by atoms with Gasteiger partial charge in [-0.25, -0.2) is 0 Å². The molecule has 0 saturated carbocycles. The van der Waals surface area contributed by atoms with E-state index in [4.69, 9.17) is 9.47 Å². The van der Waals surface area contributed by atoms with Crippen LogP contribution in [0.4, 0.5) is 0 Å². The van der Waals surface area contributed by atoms with Gasteiger partial charge in [-0.1, -0.05) is 33.1 Å². The summed E-state index contributed by atoms with van der Waals surface area (Å²) in [4.78, 5) is 12.0. The van der Waals surface area contributed by atoms with Crippen molar-refractivity contribution in [3.63, 3.8) is 0 Å². The molecule has 1 N–H and O–H groups in total. The third kappa shape index (κ3) is 8.54. The molecule has 0 fully saturated rings. The lowest BCUT2D eigenvalue weighted by Gasteiger charge is -2.28. The monoisotopic (exact) mass is 287 g/mol. The molecule has 0 aliphatic carbocycles. The first-order chi connectivity index (χ1) is 9.60. The van der Waals surface area contributed by atoms with Gasteiger partial charge in [-0.3, -0.25) is 4.79 Å². The van der Waals surface area contributed by atoms with Crippen molar-refractivity contribution < 1.29 is 14.3 Å². The van der Waals surface area contributed by atoms with Crippen molar-refractivity contribution in [1.29, 1.82) is 0 Å². The number of hydrogen-bond donors (Lipinski definition) is 1. The van der Waals surface area contributed by atoms with E-state index in [1.165, 1.54) is 19.3 Å². The number of ether oxygens (including phenoxy) is 2. The lowest BCUT2D eigenvalue weighted by atomic mass is 9.98. The number of rotatable bonds is 13. The third-order valence-electron chi connectivity index (χ3n) is 3.38. The molecular formula is C16H33NO3. The SMILES string of the molecule is CCCCCCOCCC(C)(NCCC)C(=O)OCC. The molecule has 0 bridgehead atoms. The molecule has 120 valence electrons. The molecule has 0 aliphatic rings. The van der Waals surface area contributed by atoms with Crippen molar-refractivity contribution in [2.75, 3.05) is 26.4 Å². The molecule has 0 saturated heterocycles. The highest BCUT2D eigenvalue weighted by Crippen LogP contribution is 2.13. The Morgan fingerprint density at radius 1 is 1.05 bits per heavy atom. The van der Waals surface area contributed by atoms with E-state index in [0.29, 0.717) is 19.6 Å². The Morgan fingerprint density at radius 2 is 1.80 bits per heavy atom. The maximum absolute atomic E-state index is 12.0. The largest absolute Gasteiger partial charge is 0.465 e. The summed E-state index contributed by atoms with van der Waals surface area (Å²) in [5.74, 6) is -0.178. The van der Waals surface area contributed by atoms with Crippen LogP contribution in [0.15, 0.2) is 0 Å². The Hall–Kier alpha value is -0.610. The molecule has 0 radical (unpaired) electrons. The smallest absolute Gasteiger partial charge is 0.326 e. The molecule has 0 amide bonds. The summed E-state index contributed by atoms with van der Waals surface area (Å²) in [6.45, 7) is 10.6. The number of carbonyl (C=O) groups excluding carboxylic acids is 1. The Morgan fingerprint density at radius 3 is 2.40 bits per heavy atom. The normalized spacial score (nSPS) is 14.0. The van der Waals surface area contributed by atoms with Gasteiger partial charge in [0.25, 0.3) is 0 Å². The van der Waals surface area contributed by atoms with E-state index in [1.54, 1.807) is 0 Å². The average molecular weight is 287 g/mol. The Labute approximate surface area is 124 Å². The average Bonchev–Trinajstić information content (AvgIpc) is 2.44. The van der Waals surface area contributed by atoms with Crippen LogP contribution in [0.3, 0.4) is 0 Å².